The van der Waals surface area contributed by atoms with E-state index in [0.717, 1.165) is 24.2 Å². The molecule has 0 atom stereocenters. The summed E-state index contributed by atoms with van der Waals surface area (Å²) in [6, 6.07) is 11.3. The van der Waals surface area contributed by atoms with Gasteiger partial charge >= 0.3 is 6.61 Å². The van der Waals surface area contributed by atoms with Crippen molar-refractivity contribution in [2.45, 2.75) is 26.0 Å². The second-order valence-corrected chi connectivity index (χ2v) is 7.15. The summed E-state index contributed by atoms with van der Waals surface area (Å²) in [4.78, 5) is 16.5. The molecule has 1 saturated heterocycles. The topological polar surface area (TPSA) is 42.0 Å². The molecule has 0 aliphatic carbocycles. The van der Waals surface area contributed by atoms with Crippen molar-refractivity contribution < 1.29 is 27.4 Å². The van der Waals surface area contributed by atoms with Gasteiger partial charge in [-0.3, -0.25) is 9.69 Å². The van der Waals surface area contributed by atoms with Crippen LogP contribution in [0.15, 0.2) is 42.5 Å². The largest absolute Gasteiger partial charge is 0.494 e. The standard InChI is InChI=1S/C22H25F3N2O3/c1-29-20-8-4-17(14-19(20)23)15-26-10-12-27(13-11-26)21(28)9-5-16-2-6-18(7-3-16)30-22(24)25/h2-4,6-8,14,22H,5,9-13,15H2,1H3. The molecular weight excluding hydrogens is 397 g/mol. The van der Waals surface area contributed by atoms with Gasteiger partial charge in [-0.2, -0.15) is 8.78 Å². The summed E-state index contributed by atoms with van der Waals surface area (Å²) in [5.41, 5.74) is 1.76. The lowest BCUT2D eigenvalue weighted by molar-refractivity contribution is -0.133. The Hall–Kier alpha value is -2.74. The highest BCUT2D eigenvalue weighted by Crippen LogP contribution is 2.20. The first-order chi connectivity index (χ1) is 14.4. The second-order valence-electron chi connectivity index (χ2n) is 7.15. The molecule has 1 aliphatic rings. The molecule has 3 rings (SSSR count). The number of hydrogen-bond acceptors (Lipinski definition) is 4. The van der Waals surface area contributed by atoms with Crippen LogP contribution in [0, 0.1) is 5.82 Å². The van der Waals surface area contributed by atoms with Gasteiger partial charge in [-0.1, -0.05) is 18.2 Å². The van der Waals surface area contributed by atoms with E-state index in [4.69, 9.17) is 4.74 Å². The van der Waals surface area contributed by atoms with Crippen molar-refractivity contribution in [2.75, 3.05) is 33.3 Å². The summed E-state index contributed by atoms with van der Waals surface area (Å²) in [6.45, 7) is 0.464. The lowest BCUT2D eigenvalue weighted by Gasteiger charge is -2.35. The van der Waals surface area contributed by atoms with Gasteiger partial charge in [-0.25, -0.2) is 4.39 Å². The zero-order chi connectivity index (χ0) is 21.5. The molecule has 0 bridgehead atoms. The number of amides is 1. The molecule has 1 heterocycles. The van der Waals surface area contributed by atoms with Crippen molar-refractivity contribution >= 4 is 5.91 Å². The van der Waals surface area contributed by atoms with Crippen LogP contribution in [-0.4, -0.2) is 55.6 Å². The average Bonchev–Trinajstić information content (AvgIpc) is 2.73. The van der Waals surface area contributed by atoms with E-state index in [0.29, 0.717) is 32.5 Å². The average molecular weight is 422 g/mol. The summed E-state index contributed by atoms with van der Waals surface area (Å²) in [5.74, 6) is 0.0222. The third kappa shape index (κ3) is 6.13. The Balaban J connectivity index is 1.42. The predicted octanol–water partition coefficient (Wildman–Crippen LogP) is 3.71. The molecule has 1 fully saturated rings. The van der Waals surface area contributed by atoms with Crippen molar-refractivity contribution in [3.8, 4) is 11.5 Å². The highest BCUT2D eigenvalue weighted by atomic mass is 19.3. The van der Waals surface area contributed by atoms with Crippen LogP contribution in [0.2, 0.25) is 0 Å². The quantitative estimate of drug-likeness (QED) is 0.651. The minimum absolute atomic E-state index is 0.0676. The monoisotopic (exact) mass is 422 g/mol. The van der Waals surface area contributed by atoms with Crippen molar-refractivity contribution in [1.29, 1.82) is 0 Å². The summed E-state index contributed by atoms with van der Waals surface area (Å²) >= 11 is 0. The fourth-order valence-electron chi connectivity index (χ4n) is 3.47. The molecule has 0 unspecified atom stereocenters. The summed E-state index contributed by atoms with van der Waals surface area (Å²) in [5, 5.41) is 0. The molecule has 0 saturated carbocycles. The number of methoxy groups -OCH3 is 1. The van der Waals surface area contributed by atoms with Gasteiger partial charge in [-0.15, -0.1) is 0 Å². The Labute approximate surface area is 174 Å². The number of carbonyl (C=O) groups excluding carboxylic acids is 1. The number of nitrogens with zero attached hydrogens (tertiary/aromatic N) is 2. The van der Waals surface area contributed by atoms with E-state index in [-0.39, 0.29) is 23.2 Å². The van der Waals surface area contributed by atoms with Crippen LogP contribution >= 0.6 is 0 Å². The smallest absolute Gasteiger partial charge is 0.387 e. The molecule has 0 N–H and O–H groups in total. The zero-order valence-electron chi connectivity index (χ0n) is 16.8. The third-order valence-electron chi connectivity index (χ3n) is 5.12. The molecule has 8 heteroatoms. The van der Waals surface area contributed by atoms with Crippen molar-refractivity contribution in [1.82, 2.24) is 9.80 Å². The Morgan fingerprint density at radius 2 is 1.70 bits per heavy atom. The fourth-order valence-corrected chi connectivity index (χ4v) is 3.47. The molecular formula is C22H25F3N2O3. The zero-order valence-corrected chi connectivity index (χ0v) is 16.8. The van der Waals surface area contributed by atoms with Crippen LogP contribution in [0.25, 0.3) is 0 Å². The Morgan fingerprint density at radius 1 is 1.03 bits per heavy atom. The van der Waals surface area contributed by atoms with Gasteiger partial charge in [0, 0.05) is 39.1 Å². The highest BCUT2D eigenvalue weighted by molar-refractivity contribution is 5.76. The van der Waals surface area contributed by atoms with Crippen molar-refractivity contribution in [3.63, 3.8) is 0 Å². The fraction of sp³-hybridized carbons (Fsp3) is 0.409. The van der Waals surface area contributed by atoms with E-state index in [9.17, 15) is 18.0 Å². The number of aryl methyl sites for hydroxylation is 1. The maximum absolute atomic E-state index is 13.8. The first-order valence-corrected chi connectivity index (χ1v) is 9.81. The third-order valence-corrected chi connectivity index (χ3v) is 5.12. The van der Waals surface area contributed by atoms with Crippen LogP contribution < -0.4 is 9.47 Å². The van der Waals surface area contributed by atoms with Gasteiger partial charge in [0.25, 0.3) is 0 Å². The maximum atomic E-state index is 13.8. The molecule has 162 valence electrons. The first kappa shape index (κ1) is 22.0. The van der Waals surface area contributed by atoms with E-state index in [1.165, 1.54) is 25.3 Å². The van der Waals surface area contributed by atoms with Crippen molar-refractivity contribution in [3.05, 3.63) is 59.4 Å². The molecule has 1 amide bonds. The summed E-state index contributed by atoms with van der Waals surface area (Å²) in [7, 11) is 1.44. The molecule has 1 aliphatic heterocycles. The van der Waals surface area contributed by atoms with Gasteiger partial charge in [0.15, 0.2) is 11.6 Å². The van der Waals surface area contributed by atoms with Crippen LogP contribution in [0.4, 0.5) is 13.2 Å². The minimum Gasteiger partial charge on any atom is -0.494 e. The van der Waals surface area contributed by atoms with Crippen LogP contribution in [0.3, 0.4) is 0 Å². The number of carbonyl (C=O) groups is 1. The van der Waals surface area contributed by atoms with Gasteiger partial charge in [0.05, 0.1) is 7.11 Å². The van der Waals surface area contributed by atoms with Gasteiger partial charge in [0.2, 0.25) is 5.91 Å². The molecule has 2 aromatic rings. The first-order valence-electron chi connectivity index (χ1n) is 9.81. The minimum atomic E-state index is -2.85. The molecule has 5 nitrogen and oxygen atoms in total. The lowest BCUT2D eigenvalue weighted by Crippen LogP contribution is -2.48. The second kappa shape index (κ2) is 10.3. The highest BCUT2D eigenvalue weighted by Gasteiger charge is 2.21. The van der Waals surface area contributed by atoms with Gasteiger partial charge in [0.1, 0.15) is 5.75 Å². The Kier molecular flexibility index (Phi) is 7.57. The molecule has 2 aromatic carbocycles. The van der Waals surface area contributed by atoms with Gasteiger partial charge < -0.3 is 14.4 Å². The van der Waals surface area contributed by atoms with E-state index >= 15 is 0 Å². The number of halogens is 3. The number of benzene rings is 2. The molecule has 0 aromatic heterocycles. The van der Waals surface area contributed by atoms with Crippen LogP contribution in [0.5, 0.6) is 11.5 Å². The van der Waals surface area contributed by atoms with E-state index in [1.54, 1.807) is 18.2 Å². The molecule has 0 radical (unpaired) electrons. The lowest BCUT2D eigenvalue weighted by atomic mass is 10.1. The van der Waals surface area contributed by atoms with E-state index in [2.05, 4.69) is 9.64 Å². The SMILES string of the molecule is COc1ccc(CN2CCN(C(=O)CCc3ccc(OC(F)F)cc3)CC2)cc1F. The van der Waals surface area contributed by atoms with E-state index < -0.39 is 6.61 Å². The van der Waals surface area contributed by atoms with Gasteiger partial charge in [-0.05, 0) is 41.8 Å². The summed E-state index contributed by atoms with van der Waals surface area (Å²) in [6.07, 6.45) is 0.901. The predicted molar refractivity (Wildman–Crippen MR) is 106 cm³/mol. The maximum Gasteiger partial charge on any atom is 0.387 e. The van der Waals surface area contributed by atoms with Crippen LogP contribution in [-0.2, 0) is 17.8 Å². The van der Waals surface area contributed by atoms with Crippen molar-refractivity contribution in [2.24, 2.45) is 0 Å². The number of piperazine rings is 1. The van der Waals surface area contributed by atoms with Crippen LogP contribution in [0.1, 0.15) is 17.5 Å². The normalized spacial score (nSPS) is 14.8. The summed E-state index contributed by atoms with van der Waals surface area (Å²) < 4.78 is 47.5. The number of alkyl halides is 2. The number of rotatable bonds is 8. The molecule has 30 heavy (non-hydrogen) atoms. The number of ether oxygens (including phenoxy) is 2. The van der Waals surface area contributed by atoms with E-state index in [1.807, 2.05) is 11.0 Å². The Bertz CT molecular complexity index is 838. The Morgan fingerprint density at radius 3 is 2.30 bits per heavy atom. The molecule has 0 spiro atoms. The number of hydrogen-bond donors (Lipinski definition) is 0.